The zero-order valence-electron chi connectivity index (χ0n) is 11.8. The smallest absolute Gasteiger partial charge is 0.200 e. The van der Waals surface area contributed by atoms with E-state index in [2.05, 4.69) is 0 Å². The largest absolute Gasteiger partial charge is 0.484 e. The van der Waals surface area contributed by atoms with E-state index in [0.717, 1.165) is 11.1 Å². The van der Waals surface area contributed by atoms with E-state index >= 15 is 0 Å². The molecule has 0 aliphatic rings. The van der Waals surface area contributed by atoms with Gasteiger partial charge in [0.25, 0.3) is 0 Å². The second kappa shape index (κ2) is 6.19. The summed E-state index contributed by atoms with van der Waals surface area (Å²) in [6.45, 7) is 3.65. The lowest BCUT2D eigenvalue weighted by Gasteiger charge is -2.08. The maximum atomic E-state index is 13.4. The third-order valence-electron chi connectivity index (χ3n) is 3.27. The highest BCUT2D eigenvalue weighted by atomic mass is 19.1. The third kappa shape index (κ3) is 3.26. The lowest BCUT2D eigenvalue weighted by molar-refractivity contribution is 0.0921. The molecular formula is C17H14FNO2. The average molecular weight is 283 g/mol. The molecule has 0 heterocycles. The average Bonchev–Trinajstić information content (AvgIpc) is 2.47. The fourth-order valence-electron chi connectivity index (χ4n) is 1.87. The summed E-state index contributed by atoms with van der Waals surface area (Å²) in [7, 11) is 0. The minimum atomic E-state index is -0.659. The predicted octanol–water partition coefficient (Wildman–Crippen LogP) is 3.58. The van der Waals surface area contributed by atoms with Gasteiger partial charge in [0.05, 0.1) is 0 Å². The normalized spacial score (nSPS) is 10.0. The summed E-state index contributed by atoms with van der Waals surface area (Å²) < 4.78 is 18.7. The molecule has 0 unspecified atom stereocenters. The number of hydrogen-bond acceptors (Lipinski definition) is 3. The van der Waals surface area contributed by atoms with Gasteiger partial charge in [0.2, 0.25) is 0 Å². The number of hydrogen-bond donors (Lipinski definition) is 0. The Labute approximate surface area is 122 Å². The Morgan fingerprint density at radius 3 is 2.67 bits per heavy atom. The maximum absolute atomic E-state index is 13.4. The monoisotopic (exact) mass is 283 g/mol. The van der Waals surface area contributed by atoms with E-state index in [1.165, 1.54) is 18.2 Å². The number of carbonyl (C=O) groups is 1. The van der Waals surface area contributed by atoms with Crippen molar-refractivity contribution in [2.75, 3.05) is 6.61 Å². The Bertz CT molecular complexity index is 732. The highest BCUT2D eigenvalue weighted by molar-refractivity contribution is 5.97. The molecule has 0 saturated carbocycles. The molecule has 0 radical (unpaired) electrons. The van der Waals surface area contributed by atoms with Gasteiger partial charge in [-0.3, -0.25) is 4.79 Å². The van der Waals surface area contributed by atoms with Crippen molar-refractivity contribution in [3.05, 3.63) is 64.5 Å². The molecule has 2 aromatic rings. The number of ether oxygens (including phenoxy) is 1. The summed E-state index contributed by atoms with van der Waals surface area (Å²) in [5, 5.41) is 8.89. The van der Waals surface area contributed by atoms with Gasteiger partial charge in [-0.25, -0.2) is 4.39 Å². The van der Waals surface area contributed by atoms with Crippen LogP contribution < -0.4 is 4.74 Å². The molecule has 0 atom stereocenters. The number of carbonyl (C=O) groups excluding carboxylic acids is 1. The van der Waals surface area contributed by atoms with Crippen LogP contribution >= 0.6 is 0 Å². The van der Waals surface area contributed by atoms with Gasteiger partial charge in [-0.05, 0) is 43.2 Å². The van der Waals surface area contributed by atoms with Crippen molar-refractivity contribution in [2.45, 2.75) is 13.8 Å². The molecule has 0 aliphatic heterocycles. The fraction of sp³-hybridized carbons (Fsp3) is 0.176. The van der Waals surface area contributed by atoms with Gasteiger partial charge in [0.1, 0.15) is 23.2 Å². The summed E-state index contributed by atoms with van der Waals surface area (Å²) in [5.74, 6) is -0.797. The number of nitrogens with zero attached hydrogens (tertiary/aromatic N) is 1. The number of halogens is 1. The SMILES string of the molecule is Cc1ccc(C(=O)COc2cccc(F)c2C#N)cc1C. The number of Topliss-reactive ketones (excluding diaryl/α,β-unsaturated/α-hetero) is 1. The summed E-state index contributed by atoms with van der Waals surface area (Å²) in [6.07, 6.45) is 0. The van der Waals surface area contributed by atoms with E-state index < -0.39 is 5.82 Å². The molecule has 106 valence electrons. The molecule has 21 heavy (non-hydrogen) atoms. The van der Waals surface area contributed by atoms with Crippen LogP contribution in [0.1, 0.15) is 27.0 Å². The molecule has 0 saturated heterocycles. The highest BCUT2D eigenvalue weighted by Crippen LogP contribution is 2.20. The number of aryl methyl sites for hydroxylation is 2. The quantitative estimate of drug-likeness (QED) is 0.806. The van der Waals surface area contributed by atoms with Crippen LogP contribution in [0.3, 0.4) is 0 Å². The topological polar surface area (TPSA) is 50.1 Å². The molecular weight excluding hydrogens is 269 g/mol. The molecule has 0 spiro atoms. The Morgan fingerprint density at radius 1 is 1.24 bits per heavy atom. The lowest BCUT2D eigenvalue weighted by Crippen LogP contribution is -2.12. The van der Waals surface area contributed by atoms with Crippen molar-refractivity contribution in [3.63, 3.8) is 0 Å². The summed E-state index contributed by atoms with van der Waals surface area (Å²) in [6, 6.07) is 11.2. The van der Waals surface area contributed by atoms with Gasteiger partial charge in [-0.15, -0.1) is 0 Å². The van der Waals surface area contributed by atoms with Crippen LogP contribution in [0, 0.1) is 31.0 Å². The predicted molar refractivity (Wildman–Crippen MR) is 76.9 cm³/mol. The van der Waals surface area contributed by atoms with Gasteiger partial charge in [0, 0.05) is 5.56 Å². The minimum absolute atomic E-state index is 0.0784. The zero-order valence-corrected chi connectivity index (χ0v) is 11.8. The molecule has 0 bridgehead atoms. The Kier molecular flexibility index (Phi) is 4.34. The molecule has 0 amide bonds. The molecule has 2 rings (SSSR count). The van der Waals surface area contributed by atoms with Gasteiger partial charge < -0.3 is 4.74 Å². The number of benzene rings is 2. The first-order chi connectivity index (χ1) is 10.0. The Hall–Kier alpha value is -2.67. The van der Waals surface area contributed by atoms with Crippen LogP contribution in [0.4, 0.5) is 4.39 Å². The maximum Gasteiger partial charge on any atom is 0.200 e. The first-order valence-corrected chi connectivity index (χ1v) is 6.45. The lowest BCUT2D eigenvalue weighted by atomic mass is 10.0. The van der Waals surface area contributed by atoms with Crippen molar-refractivity contribution in [1.29, 1.82) is 5.26 Å². The van der Waals surface area contributed by atoms with Crippen LogP contribution in [0.2, 0.25) is 0 Å². The second-order valence-electron chi connectivity index (χ2n) is 4.74. The molecule has 0 fully saturated rings. The van der Waals surface area contributed by atoms with Crippen LogP contribution in [-0.4, -0.2) is 12.4 Å². The first-order valence-electron chi connectivity index (χ1n) is 6.45. The van der Waals surface area contributed by atoms with Crippen LogP contribution in [0.25, 0.3) is 0 Å². The van der Waals surface area contributed by atoms with Gasteiger partial charge >= 0.3 is 0 Å². The first kappa shape index (κ1) is 14.7. The van der Waals surface area contributed by atoms with Crippen molar-refractivity contribution in [1.82, 2.24) is 0 Å². The Morgan fingerprint density at radius 2 is 2.00 bits per heavy atom. The minimum Gasteiger partial charge on any atom is -0.484 e. The van der Waals surface area contributed by atoms with E-state index in [1.807, 2.05) is 19.9 Å². The fourth-order valence-corrected chi connectivity index (χ4v) is 1.87. The van der Waals surface area contributed by atoms with Gasteiger partial charge in [0.15, 0.2) is 12.4 Å². The van der Waals surface area contributed by atoms with Crippen LogP contribution in [-0.2, 0) is 0 Å². The molecule has 3 nitrogen and oxygen atoms in total. The van der Waals surface area contributed by atoms with Crippen molar-refractivity contribution >= 4 is 5.78 Å². The molecule has 4 heteroatoms. The molecule has 0 N–H and O–H groups in total. The highest BCUT2D eigenvalue weighted by Gasteiger charge is 2.12. The van der Waals surface area contributed by atoms with Gasteiger partial charge in [-0.2, -0.15) is 5.26 Å². The van der Waals surface area contributed by atoms with Crippen LogP contribution in [0.15, 0.2) is 36.4 Å². The van der Waals surface area contributed by atoms with E-state index in [9.17, 15) is 9.18 Å². The van der Waals surface area contributed by atoms with Gasteiger partial charge in [-0.1, -0.05) is 18.2 Å². The molecule has 2 aromatic carbocycles. The number of rotatable bonds is 4. The van der Waals surface area contributed by atoms with Crippen molar-refractivity contribution < 1.29 is 13.9 Å². The van der Waals surface area contributed by atoms with Crippen molar-refractivity contribution in [2.24, 2.45) is 0 Å². The van der Waals surface area contributed by atoms with E-state index in [1.54, 1.807) is 18.2 Å². The standard InChI is InChI=1S/C17H14FNO2/c1-11-6-7-13(8-12(11)2)16(20)10-21-17-5-3-4-15(18)14(17)9-19/h3-8H,10H2,1-2H3. The molecule has 0 aromatic heterocycles. The van der Waals surface area contributed by atoms with Crippen LogP contribution in [0.5, 0.6) is 5.75 Å². The van der Waals surface area contributed by atoms with Crippen molar-refractivity contribution in [3.8, 4) is 11.8 Å². The van der Waals surface area contributed by atoms with E-state index in [-0.39, 0.29) is 23.7 Å². The van der Waals surface area contributed by atoms with E-state index in [4.69, 9.17) is 10.00 Å². The zero-order chi connectivity index (χ0) is 15.4. The van der Waals surface area contributed by atoms with E-state index in [0.29, 0.717) is 5.56 Å². The summed E-state index contributed by atoms with van der Waals surface area (Å²) in [5.41, 5.74) is 2.46. The number of ketones is 1. The summed E-state index contributed by atoms with van der Waals surface area (Å²) in [4.78, 5) is 12.1. The Balaban J connectivity index is 2.13. The second-order valence-corrected chi connectivity index (χ2v) is 4.74. The number of nitriles is 1. The third-order valence-corrected chi connectivity index (χ3v) is 3.27. The molecule has 0 aliphatic carbocycles. The summed E-state index contributed by atoms with van der Waals surface area (Å²) >= 11 is 0.